The highest BCUT2D eigenvalue weighted by molar-refractivity contribution is 5.88. The second kappa shape index (κ2) is 15.7. The summed E-state index contributed by atoms with van der Waals surface area (Å²) in [4.78, 5) is 6.58. The minimum absolute atomic E-state index is 0.515. The number of aromatic nitrogens is 3. The highest BCUT2D eigenvalue weighted by Gasteiger charge is 2.23. The topological polar surface area (TPSA) is 80.7 Å². The maximum absolute atomic E-state index is 6.27. The molecule has 0 atom stereocenters. The van der Waals surface area contributed by atoms with E-state index in [1.165, 1.54) is 50.9 Å². The number of fused-ring (bicyclic) bond motifs is 1. The van der Waals surface area contributed by atoms with Crippen LogP contribution in [0.25, 0.3) is 16.6 Å². The molecule has 3 heterocycles. The second-order valence-electron chi connectivity index (χ2n) is 10.5. The van der Waals surface area contributed by atoms with Crippen LogP contribution in [-0.4, -0.2) is 52.7 Å². The van der Waals surface area contributed by atoms with Gasteiger partial charge in [-0.25, -0.2) is 9.50 Å². The molecule has 2 aliphatic rings. The Morgan fingerprint density at radius 2 is 1.66 bits per heavy atom. The Balaban J connectivity index is 0.000000270. The molecule has 2 aromatic carbocycles. The number of piperazine rings is 1. The van der Waals surface area contributed by atoms with Gasteiger partial charge in [-0.15, -0.1) is 0 Å². The van der Waals surface area contributed by atoms with Crippen LogP contribution in [-0.2, 0) is 0 Å². The minimum Gasteiger partial charge on any atom is -0.457 e. The molecular formula is C34H44N6O. The zero-order valence-corrected chi connectivity index (χ0v) is 24.5. The first kappa shape index (κ1) is 30.0. The molecule has 216 valence electrons. The number of nitrogens with zero attached hydrogens (tertiary/aromatic N) is 4. The maximum Gasteiger partial charge on any atom is 0.151 e. The Morgan fingerprint density at radius 1 is 0.976 bits per heavy atom. The highest BCUT2D eigenvalue weighted by Crippen LogP contribution is 2.39. The number of anilines is 1. The van der Waals surface area contributed by atoms with E-state index < -0.39 is 0 Å². The van der Waals surface area contributed by atoms with Crippen molar-refractivity contribution >= 4 is 11.3 Å². The van der Waals surface area contributed by atoms with E-state index in [2.05, 4.69) is 52.1 Å². The van der Waals surface area contributed by atoms with Crippen molar-refractivity contribution < 1.29 is 4.74 Å². The number of benzene rings is 2. The van der Waals surface area contributed by atoms with Gasteiger partial charge in [0.2, 0.25) is 0 Å². The van der Waals surface area contributed by atoms with Crippen molar-refractivity contribution in [2.45, 2.75) is 44.9 Å². The molecule has 3 N–H and O–H groups in total. The first-order chi connectivity index (χ1) is 20.1. The summed E-state index contributed by atoms with van der Waals surface area (Å²) in [6.07, 6.45) is 13.4. The fourth-order valence-corrected chi connectivity index (χ4v) is 5.24. The Hall–Kier alpha value is -3.94. The fraction of sp³-hybridized carbons (Fsp3) is 0.353. The summed E-state index contributed by atoms with van der Waals surface area (Å²) in [6.45, 7) is 10.2. The van der Waals surface area contributed by atoms with Crippen molar-refractivity contribution in [3.05, 3.63) is 97.5 Å². The molecule has 0 radical (unpaired) electrons. The van der Waals surface area contributed by atoms with E-state index in [1.54, 1.807) is 12.4 Å². The standard InChI is InChI=1S/C24H24N4O.C5H12N2.C5H8/c25-24-23-21(15-22(28(23)27-16-26-24)18-7-3-1-4-8-18)17-11-13-20(14-12-17)29-19-9-5-2-6-10-19;1-7-4-2-6-3-5-7;1-3-5-4-2/h2,5-6,9-16,18H,1,3-4,7-8H2,(H2,25,26,27);6H,2-5H2,1H3;3-5H,1H2,2H3/b;;5-4-. The van der Waals surface area contributed by atoms with E-state index >= 15 is 0 Å². The smallest absolute Gasteiger partial charge is 0.151 e. The van der Waals surface area contributed by atoms with Gasteiger partial charge in [-0.05, 0) is 62.7 Å². The number of hydrogen-bond acceptors (Lipinski definition) is 6. The van der Waals surface area contributed by atoms with Crippen molar-refractivity contribution in [3.63, 3.8) is 0 Å². The number of ether oxygens (including phenoxy) is 1. The van der Waals surface area contributed by atoms with Crippen LogP contribution in [0.2, 0.25) is 0 Å². The van der Waals surface area contributed by atoms with Gasteiger partial charge in [0.15, 0.2) is 5.82 Å². The van der Waals surface area contributed by atoms with Crippen LogP contribution < -0.4 is 15.8 Å². The number of hydrogen-bond donors (Lipinski definition) is 2. The largest absolute Gasteiger partial charge is 0.457 e. The predicted molar refractivity (Wildman–Crippen MR) is 171 cm³/mol. The number of nitrogen functional groups attached to an aromatic ring is 1. The summed E-state index contributed by atoms with van der Waals surface area (Å²) >= 11 is 0. The van der Waals surface area contributed by atoms with Gasteiger partial charge in [0, 0.05) is 43.4 Å². The van der Waals surface area contributed by atoms with Crippen LogP contribution in [0.15, 0.2) is 91.8 Å². The lowest BCUT2D eigenvalue weighted by Crippen LogP contribution is -2.40. The maximum atomic E-state index is 6.27. The third kappa shape index (κ3) is 8.52. The van der Waals surface area contributed by atoms with Crippen molar-refractivity contribution in [2.24, 2.45) is 0 Å². The van der Waals surface area contributed by atoms with E-state index in [0.29, 0.717) is 11.7 Å². The van der Waals surface area contributed by atoms with Crippen molar-refractivity contribution in [1.82, 2.24) is 24.8 Å². The Bertz CT molecular complexity index is 1370. The molecule has 2 fully saturated rings. The lowest BCUT2D eigenvalue weighted by Gasteiger charge is -2.21. The molecule has 2 aromatic heterocycles. The van der Waals surface area contributed by atoms with Crippen LogP contribution >= 0.6 is 0 Å². The molecule has 0 unspecified atom stereocenters. The van der Waals surface area contributed by atoms with E-state index in [9.17, 15) is 0 Å². The number of nitrogens with one attached hydrogen (secondary N) is 1. The van der Waals surface area contributed by atoms with Gasteiger partial charge in [0.05, 0.1) is 0 Å². The summed E-state index contributed by atoms with van der Waals surface area (Å²) in [6, 6.07) is 20.2. The van der Waals surface area contributed by atoms with Gasteiger partial charge in [0.25, 0.3) is 0 Å². The van der Waals surface area contributed by atoms with Crippen molar-refractivity contribution in [2.75, 3.05) is 39.0 Å². The van der Waals surface area contributed by atoms with Gasteiger partial charge in [-0.2, -0.15) is 5.10 Å². The van der Waals surface area contributed by atoms with Crippen LogP contribution in [0, 0.1) is 0 Å². The SMILES string of the molecule is C=C/C=C\C.CN1CCNCC1.Nc1ncnn2c(C3CCCCC3)cc(-c3ccc(Oc4ccccc4)cc3)c12. The molecule has 1 saturated heterocycles. The van der Waals surface area contributed by atoms with E-state index in [4.69, 9.17) is 10.5 Å². The van der Waals surface area contributed by atoms with E-state index in [0.717, 1.165) is 41.2 Å². The molecule has 1 aliphatic heterocycles. The van der Waals surface area contributed by atoms with Gasteiger partial charge in [-0.3, -0.25) is 0 Å². The van der Waals surface area contributed by atoms with Crippen molar-refractivity contribution in [1.29, 1.82) is 0 Å². The molecule has 0 spiro atoms. The minimum atomic E-state index is 0.515. The molecule has 41 heavy (non-hydrogen) atoms. The third-order valence-corrected chi connectivity index (χ3v) is 7.45. The highest BCUT2D eigenvalue weighted by atomic mass is 16.5. The Labute approximate surface area is 244 Å². The van der Waals surface area contributed by atoms with E-state index in [1.807, 2.05) is 66.1 Å². The lowest BCUT2D eigenvalue weighted by molar-refractivity contribution is 0.291. The second-order valence-corrected chi connectivity index (χ2v) is 10.5. The predicted octanol–water partition coefficient (Wildman–Crippen LogP) is 7.09. The summed E-state index contributed by atoms with van der Waals surface area (Å²) in [5.41, 5.74) is 10.6. The summed E-state index contributed by atoms with van der Waals surface area (Å²) < 4.78 is 7.93. The summed E-state index contributed by atoms with van der Waals surface area (Å²) in [5, 5.41) is 7.81. The monoisotopic (exact) mass is 552 g/mol. The molecule has 7 heteroatoms. The van der Waals surface area contributed by atoms with Gasteiger partial charge in [0.1, 0.15) is 23.3 Å². The summed E-state index contributed by atoms with van der Waals surface area (Å²) in [7, 11) is 2.15. The Morgan fingerprint density at radius 3 is 2.24 bits per heavy atom. The molecule has 4 aromatic rings. The number of allylic oxidation sites excluding steroid dienone is 3. The molecule has 0 bridgehead atoms. The number of rotatable bonds is 5. The first-order valence-electron chi connectivity index (χ1n) is 14.7. The molecule has 7 nitrogen and oxygen atoms in total. The van der Waals surface area contributed by atoms with Crippen LogP contribution in [0.1, 0.15) is 50.6 Å². The Kier molecular flexibility index (Phi) is 11.5. The van der Waals surface area contributed by atoms with Crippen molar-refractivity contribution in [3.8, 4) is 22.6 Å². The third-order valence-electron chi connectivity index (χ3n) is 7.45. The number of para-hydroxylation sites is 1. The number of likely N-dealkylation sites (N-methyl/N-ethyl adjacent to an activating group) is 1. The molecular weight excluding hydrogens is 508 g/mol. The first-order valence-corrected chi connectivity index (χ1v) is 14.7. The lowest BCUT2D eigenvalue weighted by atomic mass is 9.87. The average Bonchev–Trinajstić information content (AvgIpc) is 3.41. The van der Waals surface area contributed by atoms with Crippen LogP contribution in [0.3, 0.4) is 0 Å². The molecule has 6 rings (SSSR count). The van der Waals surface area contributed by atoms with Crippen LogP contribution in [0.4, 0.5) is 5.82 Å². The van der Waals surface area contributed by atoms with Gasteiger partial charge >= 0.3 is 0 Å². The molecule has 1 aliphatic carbocycles. The quantitative estimate of drug-likeness (QED) is 0.257. The zero-order chi connectivity index (χ0) is 28.9. The van der Waals surface area contributed by atoms with E-state index in [-0.39, 0.29) is 0 Å². The molecule has 1 saturated carbocycles. The number of nitrogens with two attached hydrogens (primary N) is 1. The molecule has 0 amide bonds. The summed E-state index contributed by atoms with van der Waals surface area (Å²) in [5.74, 6) is 2.67. The van der Waals surface area contributed by atoms with Crippen LogP contribution in [0.5, 0.6) is 11.5 Å². The average molecular weight is 553 g/mol. The normalized spacial score (nSPS) is 16.0. The zero-order valence-electron chi connectivity index (χ0n) is 24.5. The van der Waals surface area contributed by atoms with Gasteiger partial charge < -0.3 is 20.7 Å². The fourth-order valence-electron chi connectivity index (χ4n) is 5.24. The van der Waals surface area contributed by atoms with Gasteiger partial charge in [-0.1, -0.05) is 74.4 Å².